The van der Waals surface area contributed by atoms with Gasteiger partial charge >= 0.3 is 5.97 Å². The van der Waals surface area contributed by atoms with Crippen LogP contribution >= 0.6 is 0 Å². The number of carboxylic acid groups (broad SMARTS) is 1. The van der Waals surface area contributed by atoms with E-state index < -0.39 is 17.9 Å². The lowest BCUT2D eigenvalue weighted by molar-refractivity contribution is -0.141. The molecule has 35 heavy (non-hydrogen) atoms. The van der Waals surface area contributed by atoms with Gasteiger partial charge in [-0.15, -0.1) is 0 Å². The van der Waals surface area contributed by atoms with Crippen molar-refractivity contribution in [3.05, 3.63) is 101 Å². The summed E-state index contributed by atoms with van der Waals surface area (Å²) in [5.41, 5.74) is 3.17. The number of carbonyl (C=O) groups is 2. The zero-order valence-electron chi connectivity index (χ0n) is 19.8. The highest BCUT2D eigenvalue weighted by Crippen LogP contribution is 2.45. The first-order valence-corrected chi connectivity index (χ1v) is 12.1. The van der Waals surface area contributed by atoms with Crippen molar-refractivity contribution in [2.45, 2.75) is 37.4 Å². The van der Waals surface area contributed by atoms with Crippen LogP contribution in [0.4, 0.5) is 0 Å². The molecule has 5 rings (SSSR count). The molecule has 1 saturated heterocycles. The van der Waals surface area contributed by atoms with E-state index in [1.165, 1.54) is 5.56 Å². The lowest BCUT2D eigenvalue weighted by Crippen LogP contribution is -2.53. The average Bonchev–Trinajstić information content (AvgIpc) is 2.90. The summed E-state index contributed by atoms with van der Waals surface area (Å²) in [4.78, 5) is 30.8. The summed E-state index contributed by atoms with van der Waals surface area (Å²) in [5, 5.41) is 10.4. The Morgan fingerprint density at radius 2 is 1.60 bits per heavy atom. The molecule has 1 N–H and O–H groups in total. The Morgan fingerprint density at radius 3 is 2.26 bits per heavy atom. The molecule has 0 aliphatic carbocycles. The number of carbonyl (C=O) groups excluding carboxylic acids is 1. The monoisotopic (exact) mass is 470 g/mol. The first kappa shape index (κ1) is 23.1. The summed E-state index contributed by atoms with van der Waals surface area (Å²) in [6.07, 6.45) is 1.61. The zero-order valence-corrected chi connectivity index (χ0v) is 19.8. The van der Waals surface area contributed by atoms with Crippen LogP contribution in [0.3, 0.4) is 0 Å². The number of carboxylic acids is 1. The van der Waals surface area contributed by atoms with Gasteiger partial charge in [0.1, 0.15) is 11.7 Å². The Kier molecular flexibility index (Phi) is 6.55. The smallest absolute Gasteiger partial charge is 0.313 e. The Labute approximate surface area is 205 Å². The normalized spacial score (nSPS) is 20.9. The molecule has 180 valence electrons. The van der Waals surface area contributed by atoms with Gasteiger partial charge in [-0.3, -0.25) is 14.5 Å². The Bertz CT molecular complexity index is 1190. The topological polar surface area (TPSA) is 70.1 Å². The number of aliphatic carboxylic acids is 1. The molecule has 2 heterocycles. The third-order valence-corrected chi connectivity index (χ3v) is 7.30. The largest absolute Gasteiger partial charge is 0.497 e. The summed E-state index contributed by atoms with van der Waals surface area (Å²) in [6.45, 7) is 2.60. The summed E-state index contributed by atoms with van der Waals surface area (Å²) < 4.78 is 5.31. The fourth-order valence-corrected chi connectivity index (χ4v) is 5.57. The summed E-state index contributed by atoms with van der Waals surface area (Å²) in [6, 6.07) is 24.4. The van der Waals surface area contributed by atoms with Gasteiger partial charge in [0.25, 0.3) is 5.91 Å². The van der Waals surface area contributed by atoms with E-state index in [0.29, 0.717) is 16.9 Å². The second-order valence-corrected chi connectivity index (χ2v) is 9.33. The van der Waals surface area contributed by atoms with Crippen molar-refractivity contribution < 1.29 is 19.4 Å². The minimum Gasteiger partial charge on any atom is -0.497 e. The van der Waals surface area contributed by atoms with E-state index >= 15 is 0 Å². The number of ether oxygens (including phenoxy) is 1. The van der Waals surface area contributed by atoms with Gasteiger partial charge < -0.3 is 14.7 Å². The van der Waals surface area contributed by atoms with E-state index in [1.807, 2.05) is 47.4 Å². The molecule has 6 heteroatoms. The number of hydrogen-bond donors (Lipinski definition) is 1. The van der Waals surface area contributed by atoms with Gasteiger partial charge in [-0.1, -0.05) is 60.7 Å². The second kappa shape index (κ2) is 9.92. The van der Waals surface area contributed by atoms with E-state index in [0.717, 1.165) is 38.0 Å². The van der Waals surface area contributed by atoms with Crippen molar-refractivity contribution in [3.8, 4) is 5.75 Å². The van der Waals surface area contributed by atoms with Crippen LogP contribution in [0.15, 0.2) is 78.9 Å². The fourth-order valence-electron chi connectivity index (χ4n) is 5.57. The molecule has 3 aromatic rings. The third-order valence-electron chi connectivity index (χ3n) is 7.30. The molecule has 0 radical (unpaired) electrons. The van der Waals surface area contributed by atoms with Crippen LogP contribution in [-0.2, 0) is 11.3 Å². The quantitative estimate of drug-likeness (QED) is 0.564. The highest BCUT2D eigenvalue weighted by Gasteiger charge is 2.47. The number of hydrogen-bond acceptors (Lipinski definition) is 4. The molecule has 1 fully saturated rings. The second-order valence-electron chi connectivity index (χ2n) is 9.33. The van der Waals surface area contributed by atoms with Crippen LogP contribution in [-0.4, -0.2) is 53.0 Å². The minimum atomic E-state index is -0.919. The van der Waals surface area contributed by atoms with Crippen molar-refractivity contribution in [1.29, 1.82) is 0 Å². The molecule has 2 aliphatic rings. The molecule has 0 aromatic heterocycles. The minimum absolute atomic E-state index is 0.0307. The van der Waals surface area contributed by atoms with E-state index in [-0.39, 0.29) is 11.9 Å². The molecule has 0 saturated carbocycles. The van der Waals surface area contributed by atoms with Gasteiger partial charge in [0.15, 0.2) is 0 Å². The number of likely N-dealkylation sites (tertiary alicyclic amines) is 1. The number of fused-ring (bicyclic) bond motifs is 1. The van der Waals surface area contributed by atoms with Crippen molar-refractivity contribution >= 4 is 11.9 Å². The summed E-state index contributed by atoms with van der Waals surface area (Å²) in [5.74, 6) is -1.14. The van der Waals surface area contributed by atoms with E-state index in [9.17, 15) is 14.7 Å². The average molecular weight is 471 g/mol. The molecular weight excluding hydrogens is 440 g/mol. The van der Waals surface area contributed by atoms with E-state index in [2.05, 4.69) is 29.2 Å². The molecule has 6 nitrogen and oxygen atoms in total. The van der Waals surface area contributed by atoms with Gasteiger partial charge in [0.05, 0.1) is 13.2 Å². The van der Waals surface area contributed by atoms with Crippen LogP contribution in [0.5, 0.6) is 5.75 Å². The van der Waals surface area contributed by atoms with Crippen LogP contribution < -0.4 is 4.74 Å². The van der Waals surface area contributed by atoms with E-state index in [1.54, 1.807) is 19.2 Å². The maximum Gasteiger partial charge on any atom is 0.313 e. The number of rotatable bonds is 6. The molecule has 3 aromatic carbocycles. The Hall–Kier alpha value is -3.64. The Morgan fingerprint density at radius 1 is 0.943 bits per heavy atom. The number of methoxy groups -OCH3 is 1. The van der Waals surface area contributed by atoms with Gasteiger partial charge in [0.2, 0.25) is 0 Å². The van der Waals surface area contributed by atoms with Gasteiger partial charge in [-0.05, 0) is 47.7 Å². The number of nitrogens with zero attached hydrogens (tertiary/aromatic N) is 2. The van der Waals surface area contributed by atoms with Crippen LogP contribution in [0.25, 0.3) is 0 Å². The number of amides is 1. The maximum absolute atomic E-state index is 13.9. The Balaban J connectivity index is 1.47. The fraction of sp³-hybridized carbons (Fsp3) is 0.310. The predicted octanol–water partition coefficient (Wildman–Crippen LogP) is 4.73. The van der Waals surface area contributed by atoms with Gasteiger partial charge in [0, 0.05) is 31.2 Å². The van der Waals surface area contributed by atoms with Crippen molar-refractivity contribution in [2.24, 2.45) is 0 Å². The van der Waals surface area contributed by atoms with E-state index in [4.69, 9.17) is 4.74 Å². The first-order valence-electron chi connectivity index (χ1n) is 12.1. The first-order chi connectivity index (χ1) is 17.1. The molecule has 1 amide bonds. The molecule has 2 aliphatic heterocycles. The van der Waals surface area contributed by atoms with Crippen molar-refractivity contribution in [2.75, 3.05) is 20.2 Å². The number of piperidine rings is 1. The molecule has 0 spiro atoms. The molecule has 2 atom stereocenters. The standard InChI is InChI=1S/C29H30N2O4/c1-35-23-13-11-21(12-14-23)27-26(29(33)34)24-9-5-6-10-25(24)28(32)31(27)22-15-17-30(18-16-22)19-20-7-3-2-4-8-20/h2-14,22,26-27H,15-19H2,1H3,(H,33,34). The SMILES string of the molecule is COc1ccc(C2C(C(=O)O)c3ccccc3C(=O)N2C2CCN(Cc3ccccc3)CC2)cc1. The molecular formula is C29H30N2O4. The zero-order chi connectivity index (χ0) is 24.4. The molecule has 2 unspecified atom stereocenters. The van der Waals surface area contributed by atoms with Gasteiger partial charge in [-0.25, -0.2) is 0 Å². The van der Waals surface area contributed by atoms with Crippen LogP contribution in [0, 0.1) is 0 Å². The summed E-state index contributed by atoms with van der Waals surface area (Å²) >= 11 is 0. The van der Waals surface area contributed by atoms with Crippen molar-refractivity contribution in [1.82, 2.24) is 9.80 Å². The van der Waals surface area contributed by atoms with Crippen LogP contribution in [0.1, 0.15) is 51.8 Å². The molecule has 0 bridgehead atoms. The predicted molar refractivity (Wildman–Crippen MR) is 133 cm³/mol. The highest BCUT2D eigenvalue weighted by atomic mass is 16.5. The maximum atomic E-state index is 13.9. The highest BCUT2D eigenvalue weighted by molar-refractivity contribution is 6.00. The third kappa shape index (κ3) is 4.54. The van der Waals surface area contributed by atoms with Crippen molar-refractivity contribution in [3.63, 3.8) is 0 Å². The lowest BCUT2D eigenvalue weighted by atomic mass is 9.78. The lowest BCUT2D eigenvalue weighted by Gasteiger charge is -2.47. The van der Waals surface area contributed by atoms with Crippen LogP contribution in [0.2, 0.25) is 0 Å². The number of benzene rings is 3. The summed E-state index contributed by atoms with van der Waals surface area (Å²) in [7, 11) is 1.60. The van der Waals surface area contributed by atoms with Gasteiger partial charge in [-0.2, -0.15) is 0 Å².